The first-order valence-corrected chi connectivity index (χ1v) is 7.59. The molecule has 0 aliphatic rings. The number of rotatable bonds is 6. The number of para-hydroxylation sites is 3. The number of carbonyl (C=O) groups is 1. The van der Waals surface area contributed by atoms with Crippen molar-refractivity contribution in [3.8, 4) is 5.75 Å². The van der Waals surface area contributed by atoms with E-state index in [0.29, 0.717) is 19.6 Å². The van der Waals surface area contributed by atoms with Gasteiger partial charge in [-0.15, -0.1) is 0 Å². The van der Waals surface area contributed by atoms with Crippen LogP contribution in [-0.2, 0) is 18.4 Å². The summed E-state index contributed by atoms with van der Waals surface area (Å²) in [5, 5.41) is 2.88. The zero-order chi connectivity index (χ0) is 16.1. The van der Waals surface area contributed by atoms with E-state index in [-0.39, 0.29) is 5.91 Å². The fraction of sp³-hybridized carbons (Fsp3) is 0.222. The van der Waals surface area contributed by atoms with Crippen molar-refractivity contribution in [2.45, 2.75) is 13.0 Å². The van der Waals surface area contributed by atoms with E-state index >= 15 is 0 Å². The number of amides is 1. The van der Waals surface area contributed by atoms with Crippen molar-refractivity contribution in [2.75, 3.05) is 6.61 Å². The molecule has 0 saturated heterocycles. The van der Waals surface area contributed by atoms with Gasteiger partial charge in [0.1, 0.15) is 11.6 Å². The van der Waals surface area contributed by atoms with Gasteiger partial charge in [0.25, 0.3) is 0 Å². The van der Waals surface area contributed by atoms with Crippen LogP contribution >= 0.6 is 0 Å². The number of carbonyl (C=O) groups excluding carboxylic acids is 1. The van der Waals surface area contributed by atoms with E-state index in [2.05, 4.69) is 10.3 Å². The maximum Gasteiger partial charge on any atom is 0.223 e. The number of imidazole rings is 1. The summed E-state index contributed by atoms with van der Waals surface area (Å²) in [5.74, 6) is 1.56. The molecule has 23 heavy (non-hydrogen) atoms. The van der Waals surface area contributed by atoms with Crippen LogP contribution in [0.5, 0.6) is 5.75 Å². The largest absolute Gasteiger partial charge is 0.493 e. The Hall–Kier alpha value is -2.82. The third-order valence-corrected chi connectivity index (χ3v) is 3.66. The maximum atomic E-state index is 11.9. The molecule has 3 aromatic rings. The van der Waals surface area contributed by atoms with E-state index < -0.39 is 0 Å². The molecule has 0 unspecified atom stereocenters. The Morgan fingerprint density at radius 1 is 1.13 bits per heavy atom. The molecule has 0 saturated carbocycles. The van der Waals surface area contributed by atoms with Crippen LogP contribution < -0.4 is 10.1 Å². The Bertz CT molecular complexity index is 796. The van der Waals surface area contributed by atoms with E-state index in [0.717, 1.165) is 22.6 Å². The normalized spacial score (nSPS) is 10.7. The molecule has 0 aliphatic carbocycles. The third-order valence-electron chi connectivity index (χ3n) is 3.66. The van der Waals surface area contributed by atoms with E-state index in [1.54, 1.807) is 0 Å². The summed E-state index contributed by atoms with van der Waals surface area (Å²) in [6, 6.07) is 17.4. The highest BCUT2D eigenvalue weighted by Crippen LogP contribution is 2.14. The molecule has 5 nitrogen and oxygen atoms in total. The minimum Gasteiger partial charge on any atom is -0.493 e. The molecule has 0 bridgehead atoms. The molecule has 1 amide bonds. The summed E-state index contributed by atoms with van der Waals surface area (Å²) in [4.78, 5) is 16.4. The van der Waals surface area contributed by atoms with Gasteiger partial charge >= 0.3 is 0 Å². The van der Waals surface area contributed by atoms with Crippen LogP contribution in [0.25, 0.3) is 11.0 Å². The lowest BCUT2D eigenvalue weighted by Gasteiger charge is -2.07. The van der Waals surface area contributed by atoms with E-state index in [1.165, 1.54) is 0 Å². The third kappa shape index (κ3) is 3.69. The standard InChI is InChI=1S/C18H19N3O2/c1-21-16-10-6-5-9-15(16)20-17(21)13-19-18(22)11-12-23-14-7-3-2-4-8-14/h2-10H,11-13H2,1H3,(H,19,22). The molecule has 2 aromatic carbocycles. The van der Waals surface area contributed by atoms with Crippen molar-refractivity contribution in [1.82, 2.24) is 14.9 Å². The lowest BCUT2D eigenvalue weighted by atomic mass is 10.3. The number of nitrogens with zero attached hydrogens (tertiary/aromatic N) is 2. The minimum atomic E-state index is -0.0482. The summed E-state index contributed by atoms with van der Waals surface area (Å²) < 4.78 is 7.51. The minimum absolute atomic E-state index is 0.0482. The zero-order valence-electron chi connectivity index (χ0n) is 13.0. The van der Waals surface area contributed by atoms with Crippen LogP contribution in [0.2, 0.25) is 0 Å². The van der Waals surface area contributed by atoms with E-state index in [1.807, 2.05) is 66.2 Å². The number of hydrogen-bond acceptors (Lipinski definition) is 3. The summed E-state index contributed by atoms with van der Waals surface area (Å²) in [7, 11) is 1.95. The molecular weight excluding hydrogens is 290 g/mol. The van der Waals surface area contributed by atoms with Gasteiger partial charge in [0, 0.05) is 7.05 Å². The van der Waals surface area contributed by atoms with E-state index in [4.69, 9.17) is 4.74 Å². The first kappa shape index (κ1) is 15.1. The second kappa shape index (κ2) is 6.96. The Morgan fingerprint density at radius 2 is 1.87 bits per heavy atom. The lowest BCUT2D eigenvalue weighted by Crippen LogP contribution is -2.25. The number of benzene rings is 2. The Kier molecular flexibility index (Phi) is 4.57. The van der Waals surface area contributed by atoms with Crippen LogP contribution in [-0.4, -0.2) is 22.1 Å². The topological polar surface area (TPSA) is 56.2 Å². The van der Waals surface area contributed by atoms with Crippen molar-refractivity contribution in [1.29, 1.82) is 0 Å². The number of nitrogens with one attached hydrogen (secondary N) is 1. The second-order valence-electron chi connectivity index (χ2n) is 5.26. The number of fused-ring (bicyclic) bond motifs is 1. The molecule has 0 atom stereocenters. The molecule has 118 valence electrons. The highest BCUT2D eigenvalue weighted by atomic mass is 16.5. The maximum absolute atomic E-state index is 11.9. The summed E-state index contributed by atoms with van der Waals surface area (Å²) in [6.07, 6.45) is 0.318. The van der Waals surface area contributed by atoms with Crippen LogP contribution in [0.3, 0.4) is 0 Å². The average molecular weight is 309 g/mol. The first-order chi connectivity index (χ1) is 11.2. The Labute approximate surface area is 134 Å². The van der Waals surface area contributed by atoms with Crippen molar-refractivity contribution in [2.24, 2.45) is 7.05 Å². The van der Waals surface area contributed by atoms with Crippen LogP contribution in [0.4, 0.5) is 0 Å². The highest BCUT2D eigenvalue weighted by Gasteiger charge is 2.08. The fourth-order valence-electron chi connectivity index (χ4n) is 2.40. The molecule has 0 fully saturated rings. The van der Waals surface area contributed by atoms with Gasteiger partial charge in [-0.2, -0.15) is 0 Å². The summed E-state index contributed by atoms with van der Waals surface area (Å²) in [6.45, 7) is 0.772. The van der Waals surface area contributed by atoms with Gasteiger partial charge in [-0.3, -0.25) is 4.79 Å². The highest BCUT2D eigenvalue weighted by molar-refractivity contribution is 5.77. The van der Waals surface area contributed by atoms with Gasteiger partial charge in [0.05, 0.1) is 30.6 Å². The van der Waals surface area contributed by atoms with Gasteiger partial charge in [-0.25, -0.2) is 4.98 Å². The van der Waals surface area contributed by atoms with Gasteiger partial charge < -0.3 is 14.6 Å². The second-order valence-corrected chi connectivity index (χ2v) is 5.26. The van der Waals surface area contributed by atoms with Crippen molar-refractivity contribution in [3.05, 3.63) is 60.4 Å². The fourth-order valence-corrected chi connectivity index (χ4v) is 2.40. The molecule has 3 rings (SSSR count). The molecule has 1 aromatic heterocycles. The Balaban J connectivity index is 1.49. The summed E-state index contributed by atoms with van der Waals surface area (Å²) >= 11 is 0. The quantitative estimate of drug-likeness (QED) is 0.761. The molecular formula is C18H19N3O2. The van der Waals surface area contributed by atoms with Gasteiger partial charge in [-0.05, 0) is 24.3 Å². The van der Waals surface area contributed by atoms with Gasteiger partial charge in [0.2, 0.25) is 5.91 Å². The first-order valence-electron chi connectivity index (χ1n) is 7.59. The molecule has 1 N–H and O–H groups in total. The molecule has 1 heterocycles. The monoisotopic (exact) mass is 309 g/mol. The average Bonchev–Trinajstić information content (AvgIpc) is 2.90. The number of aromatic nitrogens is 2. The Morgan fingerprint density at radius 3 is 2.65 bits per heavy atom. The summed E-state index contributed by atoms with van der Waals surface area (Å²) in [5.41, 5.74) is 2.00. The number of ether oxygens (including phenoxy) is 1. The van der Waals surface area contributed by atoms with Gasteiger partial charge in [-0.1, -0.05) is 30.3 Å². The molecule has 5 heteroatoms. The molecule has 0 aliphatic heterocycles. The molecule has 0 spiro atoms. The van der Waals surface area contributed by atoms with Crippen molar-refractivity contribution < 1.29 is 9.53 Å². The SMILES string of the molecule is Cn1c(CNC(=O)CCOc2ccccc2)nc2ccccc21. The van der Waals surface area contributed by atoms with Crippen molar-refractivity contribution >= 4 is 16.9 Å². The van der Waals surface area contributed by atoms with E-state index in [9.17, 15) is 4.79 Å². The van der Waals surface area contributed by atoms with Crippen LogP contribution in [0.15, 0.2) is 54.6 Å². The van der Waals surface area contributed by atoms with Crippen LogP contribution in [0, 0.1) is 0 Å². The smallest absolute Gasteiger partial charge is 0.223 e. The number of aryl methyl sites for hydroxylation is 1. The lowest BCUT2D eigenvalue weighted by molar-refractivity contribution is -0.121. The predicted octanol–water partition coefficient (Wildman–Crippen LogP) is 2.66. The van der Waals surface area contributed by atoms with Gasteiger partial charge in [0.15, 0.2) is 0 Å². The number of hydrogen-bond donors (Lipinski definition) is 1. The molecule has 0 radical (unpaired) electrons. The zero-order valence-corrected chi connectivity index (χ0v) is 13.0. The predicted molar refractivity (Wildman–Crippen MR) is 89.1 cm³/mol. The van der Waals surface area contributed by atoms with Crippen LogP contribution in [0.1, 0.15) is 12.2 Å². The van der Waals surface area contributed by atoms with Crippen molar-refractivity contribution in [3.63, 3.8) is 0 Å².